The summed E-state index contributed by atoms with van der Waals surface area (Å²) in [5.74, 6) is 0. The predicted octanol–water partition coefficient (Wildman–Crippen LogP) is 7.22. The molecule has 0 rings (SSSR count). The molecule has 0 aromatic heterocycles. The van der Waals surface area contributed by atoms with E-state index in [1.165, 1.54) is 89.9 Å². The highest BCUT2D eigenvalue weighted by atomic mass is 19.1. The van der Waals surface area contributed by atoms with Gasteiger partial charge in [0.1, 0.15) is 0 Å². The molecule has 0 heterocycles. The average Bonchev–Trinajstić information content (AvgIpc) is 2.43. The van der Waals surface area contributed by atoms with Crippen LogP contribution < -0.4 is 0 Å². The summed E-state index contributed by atoms with van der Waals surface area (Å²) in [5, 5.41) is 0. The van der Waals surface area contributed by atoms with Crippen molar-refractivity contribution < 1.29 is 4.39 Å². The van der Waals surface area contributed by atoms with Gasteiger partial charge in [-0.25, -0.2) is 0 Å². The number of alkyl halides is 1. The lowest BCUT2D eigenvalue weighted by Crippen LogP contribution is -1.84. The molecule has 0 aromatic rings. The molecule has 19 heavy (non-hydrogen) atoms. The molecule has 0 saturated heterocycles. The highest BCUT2D eigenvalue weighted by Crippen LogP contribution is 2.13. The van der Waals surface area contributed by atoms with Crippen molar-refractivity contribution in [2.45, 2.75) is 110 Å². The van der Waals surface area contributed by atoms with Crippen LogP contribution in [0.5, 0.6) is 0 Å². The molecule has 0 unspecified atom stereocenters. The third kappa shape index (κ3) is 17.9. The molecule has 116 valence electrons. The van der Waals surface area contributed by atoms with Crippen LogP contribution in [0.3, 0.4) is 0 Å². The standard InChI is InChI=1S/C18H37F/c1-2-3-4-5-6-7-8-9-10-11-12-13-14-15-16-17-18-19/h2-18H2,1H3. The van der Waals surface area contributed by atoms with Crippen LogP contribution in [0.2, 0.25) is 0 Å². The number of hydrogen-bond acceptors (Lipinski definition) is 0. The summed E-state index contributed by atoms with van der Waals surface area (Å²) in [6.45, 7) is 2.15. The van der Waals surface area contributed by atoms with E-state index in [0.717, 1.165) is 12.8 Å². The minimum Gasteiger partial charge on any atom is -0.251 e. The van der Waals surface area contributed by atoms with Crippen LogP contribution >= 0.6 is 0 Å². The van der Waals surface area contributed by atoms with Gasteiger partial charge < -0.3 is 0 Å². The maximum atomic E-state index is 11.9. The zero-order chi connectivity index (χ0) is 14.0. The van der Waals surface area contributed by atoms with E-state index in [4.69, 9.17) is 0 Å². The molecule has 1 heteroatoms. The summed E-state index contributed by atoms with van der Waals surface area (Å²) in [6, 6.07) is 0. The largest absolute Gasteiger partial charge is 0.251 e. The number of halogens is 1. The molecule has 0 aliphatic carbocycles. The summed E-state index contributed by atoms with van der Waals surface area (Å²) in [7, 11) is 0. The first kappa shape index (κ1) is 18.9. The fourth-order valence-electron chi connectivity index (χ4n) is 2.64. The van der Waals surface area contributed by atoms with E-state index < -0.39 is 0 Å². The second kappa shape index (κ2) is 17.9. The zero-order valence-electron chi connectivity index (χ0n) is 13.4. The highest BCUT2D eigenvalue weighted by molar-refractivity contribution is 4.49. The highest BCUT2D eigenvalue weighted by Gasteiger charge is 1.94. The second-order valence-corrected chi connectivity index (χ2v) is 5.99. The maximum absolute atomic E-state index is 11.9. The Kier molecular flexibility index (Phi) is 17.9. The van der Waals surface area contributed by atoms with Crippen LogP contribution in [0.25, 0.3) is 0 Å². The molecular formula is C18H37F. The first-order valence-electron chi connectivity index (χ1n) is 8.97. The lowest BCUT2D eigenvalue weighted by Gasteiger charge is -2.03. The molecule has 0 aromatic carbocycles. The fourth-order valence-corrected chi connectivity index (χ4v) is 2.64. The van der Waals surface area contributed by atoms with Crippen molar-refractivity contribution in [2.75, 3.05) is 6.67 Å². The Morgan fingerprint density at radius 3 is 0.947 bits per heavy atom. The van der Waals surface area contributed by atoms with Gasteiger partial charge in [-0.1, -0.05) is 103 Å². The maximum Gasteiger partial charge on any atom is 0.0894 e. The summed E-state index contributed by atoms with van der Waals surface area (Å²) in [4.78, 5) is 0. The Morgan fingerprint density at radius 1 is 0.421 bits per heavy atom. The van der Waals surface area contributed by atoms with Gasteiger partial charge in [0.25, 0.3) is 0 Å². The van der Waals surface area contributed by atoms with E-state index in [0.29, 0.717) is 0 Å². The van der Waals surface area contributed by atoms with E-state index in [1.807, 2.05) is 0 Å². The third-order valence-corrected chi connectivity index (χ3v) is 3.99. The normalized spacial score (nSPS) is 11.1. The van der Waals surface area contributed by atoms with Crippen molar-refractivity contribution in [1.82, 2.24) is 0 Å². The minimum atomic E-state index is -0.127. The SMILES string of the molecule is CCCCCCCCCCCCCCCCCCF. The number of unbranched alkanes of at least 4 members (excludes halogenated alkanes) is 15. The molecule has 0 amide bonds. The Morgan fingerprint density at radius 2 is 0.684 bits per heavy atom. The molecule has 0 saturated carbocycles. The Bertz CT molecular complexity index is 129. The Hall–Kier alpha value is -0.0700. The molecule has 0 atom stereocenters. The fraction of sp³-hybridized carbons (Fsp3) is 1.00. The van der Waals surface area contributed by atoms with E-state index in [2.05, 4.69) is 6.92 Å². The van der Waals surface area contributed by atoms with Crippen LogP contribution in [0.4, 0.5) is 4.39 Å². The van der Waals surface area contributed by atoms with Crippen LogP contribution in [-0.2, 0) is 0 Å². The van der Waals surface area contributed by atoms with E-state index >= 15 is 0 Å². The molecule has 0 nitrogen and oxygen atoms in total. The van der Waals surface area contributed by atoms with Crippen molar-refractivity contribution >= 4 is 0 Å². The number of hydrogen-bond donors (Lipinski definition) is 0. The van der Waals surface area contributed by atoms with Crippen molar-refractivity contribution in [2.24, 2.45) is 0 Å². The van der Waals surface area contributed by atoms with Gasteiger partial charge in [0.05, 0.1) is 6.67 Å². The van der Waals surface area contributed by atoms with Crippen LogP contribution in [0.15, 0.2) is 0 Å². The van der Waals surface area contributed by atoms with Gasteiger partial charge in [-0.05, 0) is 6.42 Å². The van der Waals surface area contributed by atoms with Crippen LogP contribution in [0, 0.1) is 0 Å². The molecule has 0 aliphatic heterocycles. The summed E-state index contributed by atoms with van der Waals surface area (Å²) >= 11 is 0. The average molecular weight is 272 g/mol. The van der Waals surface area contributed by atoms with Gasteiger partial charge in [0.2, 0.25) is 0 Å². The molecule has 0 radical (unpaired) electrons. The summed E-state index contributed by atoms with van der Waals surface area (Å²) in [6.07, 6.45) is 21.5. The molecule has 0 aliphatic rings. The van der Waals surface area contributed by atoms with Crippen molar-refractivity contribution in [1.29, 1.82) is 0 Å². The lowest BCUT2D eigenvalue weighted by molar-refractivity contribution is 0.448. The van der Waals surface area contributed by atoms with Gasteiger partial charge in [0, 0.05) is 0 Å². The first-order valence-corrected chi connectivity index (χ1v) is 8.97. The van der Waals surface area contributed by atoms with Crippen LogP contribution in [-0.4, -0.2) is 6.67 Å². The van der Waals surface area contributed by atoms with Crippen molar-refractivity contribution in [3.8, 4) is 0 Å². The molecular weight excluding hydrogens is 235 g/mol. The quantitative estimate of drug-likeness (QED) is 0.260. The summed E-state index contributed by atoms with van der Waals surface area (Å²) in [5.41, 5.74) is 0. The minimum absolute atomic E-state index is 0.127. The first-order chi connectivity index (χ1) is 9.41. The summed E-state index contributed by atoms with van der Waals surface area (Å²) < 4.78 is 11.9. The van der Waals surface area contributed by atoms with Gasteiger partial charge >= 0.3 is 0 Å². The van der Waals surface area contributed by atoms with Gasteiger partial charge in [-0.3, -0.25) is 4.39 Å². The predicted molar refractivity (Wildman–Crippen MR) is 85.5 cm³/mol. The topological polar surface area (TPSA) is 0 Å². The van der Waals surface area contributed by atoms with Gasteiger partial charge in [-0.2, -0.15) is 0 Å². The number of rotatable bonds is 16. The van der Waals surface area contributed by atoms with Crippen molar-refractivity contribution in [3.05, 3.63) is 0 Å². The molecule has 0 fully saturated rings. The van der Waals surface area contributed by atoms with Gasteiger partial charge in [0.15, 0.2) is 0 Å². The van der Waals surface area contributed by atoms with Gasteiger partial charge in [-0.15, -0.1) is 0 Å². The van der Waals surface area contributed by atoms with Crippen LogP contribution in [0.1, 0.15) is 110 Å². The van der Waals surface area contributed by atoms with Crippen molar-refractivity contribution in [3.63, 3.8) is 0 Å². The van der Waals surface area contributed by atoms with E-state index in [-0.39, 0.29) is 6.67 Å². The lowest BCUT2D eigenvalue weighted by atomic mass is 10.0. The monoisotopic (exact) mass is 272 g/mol. The van der Waals surface area contributed by atoms with E-state index in [1.54, 1.807) is 0 Å². The third-order valence-electron chi connectivity index (χ3n) is 3.99. The smallest absolute Gasteiger partial charge is 0.0894 e. The zero-order valence-corrected chi connectivity index (χ0v) is 13.4. The van der Waals surface area contributed by atoms with E-state index in [9.17, 15) is 4.39 Å². The molecule has 0 spiro atoms. The molecule has 0 N–H and O–H groups in total. The second-order valence-electron chi connectivity index (χ2n) is 5.99. The Labute approximate surface area is 121 Å². The molecule has 0 bridgehead atoms. The Balaban J connectivity index is 2.88.